The van der Waals surface area contributed by atoms with E-state index in [9.17, 15) is 56.7 Å². The molecule has 33 heteroatoms. The van der Waals surface area contributed by atoms with Gasteiger partial charge in [0.1, 0.15) is 36.6 Å². The molecule has 0 saturated carbocycles. The molecule has 0 bridgehead atoms. The summed E-state index contributed by atoms with van der Waals surface area (Å²) in [6, 6.07) is 43.1. The molecular formula is C66H62F2N16O10S5. The van der Waals surface area contributed by atoms with E-state index in [0.29, 0.717) is 52.0 Å². The highest BCUT2D eigenvalue weighted by molar-refractivity contribution is 7.21. The predicted octanol–water partition coefficient (Wildman–Crippen LogP) is 11.5. The second-order valence-corrected chi connectivity index (χ2v) is 25.1. The van der Waals surface area contributed by atoms with Crippen molar-refractivity contribution >= 4 is 141 Å². The van der Waals surface area contributed by atoms with Crippen LogP contribution in [-0.4, -0.2) is 80.8 Å². The van der Waals surface area contributed by atoms with Gasteiger partial charge in [0.25, 0.3) is 29.5 Å². The summed E-state index contributed by atoms with van der Waals surface area (Å²) in [5, 5.41) is 30.4. The maximum Gasteiger partial charge on any atom is 0.319 e. The zero-order chi connectivity index (χ0) is 72.6. The number of anilines is 5. The van der Waals surface area contributed by atoms with Crippen LogP contribution < -0.4 is 82.7 Å². The number of rotatable bonds is 16. The Hall–Kier alpha value is -12.4. The number of benzene rings is 5. The second-order valence-electron chi connectivity index (χ2n) is 19.8. The van der Waals surface area contributed by atoms with Gasteiger partial charge in [-0.1, -0.05) is 97.9 Å². The number of nitrogens with one attached hydrogen (secondary N) is 8. The van der Waals surface area contributed by atoms with E-state index in [-0.39, 0.29) is 45.4 Å². The number of halogens is 2. The van der Waals surface area contributed by atoms with Crippen LogP contribution in [0.25, 0.3) is 52.2 Å². The second kappa shape index (κ2) is 36.0. The van der Waals surface area contributed by atoms with E-state index in [1.807, 2.05) is 60.7 Å². The van der Waals surface area contributed by atoms with Crippen molar-refractivity contribution in [1.82, 2.24) is 16.0 Å². The quantitative estimate of drug-likeness (QED) is 0.0431. The van der Waals surface area contributed by atoms with Gasteiger partial charge >= 0.3 is 30.2 Å². The molecule has 0 atom stereocenters. The van der Waals surface area contributed by atoms with Crippen LogP contribution >= 0.6 is 56.7 Å². The molecule has 0 radical (unpaired) electrons. The average molecular weight is 1440 g/mol. The molecule has 0 saturated heterocycles. The fraction of sp³-hybridized carbons (Fsp3) is 0.0758. The summed E-state index contributed by atoms with van der Waals surface area (Å²) in [7, 11) is 4.58. The zero-order valence-corrected chi connectivity index (χ0v) is 56.7. The Morgan fingerprint density at radius 1 is 0.374 bits per heavy atom. The van der Waals surface area contributed by atoms with Crippen LogP contribution in [0, 0.1) is 23.0 Å². The Balaban J connectivity index is 0.000000195. The SMILES string of the molecule is CCc1ccc(-c2cc(C(N)=O)c(NC(N)=O)s2)cc1.CNC(=O)Nc1sc(-c2ccccc2)cc1C(=O)NC.CNC(=O)c1cc(-c2ccc(F)cc2)sc1NC(N)=O.N#Cc1cccc(-c2cc(C(N)=O)c(NC(N)=O)s2)c1.NC(=O)Nc1sc(-c2cccc(F)c2)cc1C(N)=O. The maximum atomic E-state index is 13.2. The van der Waals surface area contributed by atoms with Gasteiger partial charge in [-0.25, -0.2) is 32.8 Å². The van der Waals surface area contributed by atoms with Crippen molar-refractivity contribution in [3.05, 3.63) is 208 Å². The highest BCUT2D eigenvalue weighted by Gasteiger charge is 2.22. The summed E-state index contributed by atoms with van der Waals surface area (Å²) < 4.78 is 26.1. The highest BCUT2D eigenvalue weighted by Crippen LogP contribution is 2.40. The van der Waals surface area contributed by atoms with Gasteiger partial charge in [-0.15, -0.1) is 56.7 Å². The first-order valence-corrected chi connectivity index (χ1v) is 32.7. The fourth-order valence-corrected chi connectivity index (χ4v) is 13.7. The van der Waals surface area contributed by atoms with Gasteiger partial charge in [-0.3, -0.25) is 50.6 Å². The molecule has 0 fully saturated rings. The predicted molar refractivity (Wildman–Crippen MR) is 386 cm³/mol. The number of hydrogen-bond donors (Lipinski definition) is 15. The van der Waals surface area contributed by atoms with Crippen LogP contribution in [0.2, 0.25) is 0 Å². The van der Waals surface area contributed by atoms with Gasteiger partial charge in [-0.05, 0) is 107 Å². The van der Waals surface area contributed by atoms with E-state index in [1.54, 1.807) is 79.8 Å². The Morgan fingerprint density at radius 2 is 0.707 bits per heavy atom. The van der Waals surface area contributed by atoms with Crippen LogP contribution in [0.5, 0.6) is 0 Å². The molecule has 99 heavy (non-hydrogen) atoms. The summed E-state index contributed by atoms with van der Waals surface area (Å²) in [6.07, 6.45) is 0.964. The van der Waals surface area contributed by atoms with Crippen LogP contribution in [0.4, 0.5) is 57.8 Å². The lowest BCUT2D eigenvalue weighted by molar-refractivity contribution is 0.0956. The molecule has 10 rings (SSSR count). The molecule has 10 aromatic rings. The minimum absolute atomic E-state index is 0.142. The number of hydrogen-bond acceptors (Lipinski definition) is 16. The standard InChI is InChI=1S/2C14H15N3O2S.C13H12FN3O2S.C13H10N4O2S.C12H10FN3O2S/c1-15-12(18)10-8-11(9-6-4-3-5-7-9)20-13(10)17-14(19)16-2;1-2-8-3-5-9(6-4-8)11-7-10(12(15)18)13(20-11)17-14(16)19;1-16-11(18)9-6-10(20-12(9)17-13(15)19)7-2-4-8(14)5-3-7;14-6-7-2-1-3-8(4-7)10-5-9(11(15)18)12(20-10)17-13(16)19;13-7-3-1-2-6(4-7)9-5-8(10(14)17)11(19-9)16-12(15)18/h3-8H,1-2H3,(H,15,18)(H2,16,17,19);3-7H,2H2,1H3,(H2,15,18)(H3,16,17,19);2-6H,1H3,(H,16,18)(H3,15,17,19);1-5H,(H2,15,18)(H3,16,17,19);1-5H,(H2,14,17)(H3,15,16,18). The average Bonchev–Trinajstić information content (AvgIpc) is 1.72. The van der Waals surface area contributed by atoms with E-state index in [1.165, 1.54) is 95.3 Å². The summed E-state index contributed by atoms with van der Waals surface area (Å²) in [4.78, 5) is 117. The fourth-order valence-electron chi connectivity index (χ4n) is 8.40. The van der Waals surface area contributed by atoms with E-state index >= 15 is 0 Å². The molecule has 5 aromatic carbocycles. The van der Waals surface area contributed by atoms with Crippen molar-refractivity contribution in [3.63, 3.8) is 0 Å². The monoisotopic (exact) mass is 1440 g/mol. The van der Waals surface area contributed by atoms with Crippen molar-refractivity contribution in [2.45, 2.75) is 13.3 Å². The molecule has 0 aliphatic heterocycles. The lowest BCUT2D eigenvalue weighted by Crippen LogP contribution is -2.26. The third kappa shape index (κ3) is 21.8. The largest absolute Gasteiger partial charge is 0.366 e. The van der Waals surface area contributed by atoms with Gasteiger partial charge in [0.15, 0.2) is 0 Å². The Kier molecular flexibility index (Phi) is 27.5. The first kappa shape index (κ1) is 75.7. The molecule has 5 heterocycles. The molecule has 0 spiro atoms. The van der Waals surface area contributed by atoms with E-state index in [0.717, 1.165) is 54.6 Å². The molecule has 510 valence electrons. The van der Waals surface area contributed by atoms with Crippen LogP contribution in [0.15, 0.2) is 158 Å². The number of nitriles is 1. The van der Waals surface area contributed by atoms with Crippen molar-refractivity contribution in [3.8, 4) is 58.3 Å². The van der Waals surface area contributed by atoms with Gasteiger partial charge < -0.3 is 56.1 Å². The summed E-state index contributed by atoms with van der Waals surface area (Å²) in [5.41, 5.74) is 43.2. The summed E-state index contributed by atoms with van der Waals surface area (Å²) in [5.74, 6) is -3.24. The number of aryl methyl sites for hydroxylation is 1. The third-order valence-electron chi connectivity index (χ3n) is 13.0. The lowest BCUT2D eigenvalue weighted by Gasteiger charge is -2.04. The minimum atomic E-state index is -0.796. The number of urea groups is 5. The zero-order valence-electron chi connectivity index (χ0n) is 52.6. The van der Waals surface area contributed by atoms with E-state index in [4.69, 9.17) is 45.4 Å². The molecule has 5 aromatic heterocycles. The van der Waals surface area contributed by atoms with Crippen molar-refractivity contribution < 1.29 is 56.7 Å². The number of thiophene rings is 5. The Bertz CT molecular complexity index is 4660. The summed E-state index contributed by atoms with van der Waals surface area (Å²) in [6.45, 7) is 2.08. The lowest BCUT2D eigenvalue weighted by atomic mass is 10.1. The molecular weight excluding hydrogens is 1380 g/mol. The topological polar surface area (TPSA) is 473 Å². The molecule has 0 aliphatic carbocycles. The van der Waals surface area contributed by atoms with E-state index in [2.05, 4.69) is 49.5 Å². The Morgan fingerprint density at radius 3 is 1.06 bits per heavy atom. The van der Waals surface area contributed by atoms with Crippen molar-refractivity contribution in [2.24, 2.45) is 40.1 Å². The smallest absolute Gasteiger partial charge is 0.319 e. The van der Waals surface area contributed by atoms with Gasteiger partial charge in [0, 0.05) is 45.5 Å². The highest BCUT2D eigenvalue weighted by atomic mass is 32.1. The van der Waals surface area contributed by atoms with Gasteiger partial charge in [0.2, 0.25) is 0 Å². The normalized spacial score (nSPS) is 10.0. The van der Waals surface area contributed by atoms with Crippen LogP contribution in [0.3, 0.4) is 0 Å². The number of carbonyl (C=O) groups excluding carboxylic acids is 10. The first-order valence-electron chi connectivity index (χ1n) is 28.6. The van der Waals surface area contributed by atoms with Crippen LogP contribution in [-0.2, 0) is 6.42 Å². The molecule has 0 aliphatic rings. The molecule has 26 nitrogen and oxygen atoms in total. The van der Waals surface area contributed by atoms with Crippen molar-refractivity contribution in [2.75, 3.05) is 47.7 Å². The van der Waals surface area contributed by atoms with Crippen LogP contribution in [0.1, 0.15) is 69.8 Å². The van der Waals surface area contributed by atoms with Gasteiger partial charge in [-0.2, -0.15) is 5.26 Å². The number of amides is 15. The van der Waals surface area contributed by atoms with Crippen molar-refractivity contribution in [1.29, 1.82) is 5.26 Å². The third-order valence-corrected chi connectivity index (χ3v) is 18.5. The van der Waals surface area contributed by atoms with Gasteiger partial charge in [0.05, 0.1) is 39.4 Å². The maximum absolute atomic E-state index is 13.2. The number of nitrogens with zero attached hydrogens (tertiary/aromatic N) is 1. The number of nitrogens with two attached hydrogens (primary N) is 7. The Labute approximate surface area is 583 Å². The molecule has 22 N–H and O–H groups in total. The summed E-state index contributed by atoms with van der Waals surface area (Å²) >= 11 is 6.10. The first-order chi connectivity index (χ1) is 47.1. The van der Waals surface area contributed by atoms with E-state index < -0.39 is 47.7 Å². The minimum Gasteiger partial charge on any atom is -0.366 e. The molecule has 15 amide bonds. The molecule has 0 unspecified atom stereocenters. The number of primary amides is 7. The number of carbonyl (C=O) groups is 10.